The number of halogens is 4. The molecular formula is C14H10F4O2. The van der Waals surface area contributed by atoms with Crippen molar-refractivity contribution in [2.24, 2.45) is 0 Å². The average molecular weight is 286 g/mol. The molecule has 2 aromatic rings. The fourth-order valence-electron chi connectivity index (χ4n) is 1.66. The molecule has 1 N–H and O–H groups in total. The number of aliphatic hydroxyl groups is 1. The Morgan fingerprint density at radius 3 is 2.35 bits per heavy atom. The van der Waals surface area contributed by atoms with E-state index in [1.54, 1.807) is 0 Å². The number of benzene rings is 1. The second-order valence-corrected chi connectivity index (χ2v) is 4.13. The van der Waals surface area contributed by atoms with E-state index in [0.29, 0.717) is 6.08 Å². The van der Waals surface area contributed by atoms with Crippen LogP contribution in [-0.2, 0) is 5.60 Å². The van der Waals surface area contributed by atoms with Gasteiger partial charge in [0.15, 0.2) is 0 Å². The van der Waals surface area contributed by atoms with Crippen molar-refractivity contribution in [3.63, 3.8) is 0 Å². The Hall–Kier alpha value is -2.08. The lowest BCUT2D eigenvalue weighted by molar-refractivity contribution is -0.245. The van der Waals surface area contributed by atoms with Gasteiger partial charge in [-0.15, -0.1) is 0 Å². The zero-order valence-corrected chi connectivity index (χ0v) is 10.1. The first-order valence-electron chi connectivity index (χ1n) is 5.60. The topological polar surface area (TPSA) is 33.4 Å². The molecule has 0 bridgehead atoms. The van der Waals surface area contributed by atoms with Crippen LogP contribution in [0.1, 0.15) is 11.1 Å². The second kappa shape index (κ2) is 5.13. The van der Waals surface area contributed by atoms with E-state index < -0.39 is 23.2 Å². The lowest BCUT2D eigenvalue weighted by atomic mass is 9.94. The zero-order valence-electron chi connectivity index (χ0n) is 10.1. The first-order chi connectivity index (χ1) is 9.34. The van der Waals surface area contributed by atoms with Crippen LogP contribution in [0.5, 0.6) is 0 Å². The van der Waals surface area contributed by atoms with Crippen molar-refractivity contribution in [2.75, 3.05) is 0 Å². The summed E-state index contributed by atoms with van der Waals surface area (Å²) in [6.07, 6.45) is -1.77. The van der Waals surface area contributed by atoms with Crippen molar-refractivity contribution in [3.8, 4) is 0 Å². The molecule has 0 fully saturated rings. The van der Waals surface area contributed by atoms with E-state index in [4.69, 9.17) is 0 Å². The Labute approximate surface area is 112 Å². The van der Waals surface area contributed by atoms with Crippen LogP contribution >= 0.6 is 0 Å². The fourth-order valence-corrected chi connectivity index (χ4v) is 1.66. The van der Waals surface area contributed by atoms with Crippen molar-refractivity contribution in [1.82, 2.24) is 0 Å². The molecular weight excluding hydrogens is 276 g/mol. The molecule has 6 heteroatoms. The molecule has 1 aromatic carbocycles. The number of rotatable bonds is 3. The van der Waals surface area contributed by atoms with Gasteiger partial charge < -0.3 is 9.52 Å². The average Bonchev–Trinajstić information content (AvgIpc) is 2.90. The minimum atomic E-state index is -4.96. The van der Waals surface area contributed by atoms with Crippen molar-refractivity contribution < 1.29 is 27.1 Å². The fraction of sp³-hybridized carbons (Fsp3) is 0.143. The number of hydrogen-bond acceptors (Lipinski definition) is 2. The highest BCUT2D eigenvalue weighted by atomic mass is 19.4. The van der Waals surface area contributed by atoms with Gasteiger partial charge >= 0.3 is 6.18 Å². The molecule has 0 radical (unpaired) electrons. The van der Waals surface area contributed by atoms with Crippen LogP contribution < -0.4 is 0 Å². The smallest absolute Gasteiger partial charge is 0.425 e. The molecule has 20 heavy (non-hydrogen) atoms. The summed E-state index contributed by atoms with van der Waals surface area (Å²) >= 11 is 0. The van der Waals surface area contributed by atoms with Gasteiger partial charge in [0, 0.05) is 11.1 Å². The number of hydrogen-bond donors (Lipinski definition) is 1. The first-order valence-corrected chi connectivity index (χ1v) is 5.60. The molecule has 0 aliphatic rings. The first kappa shape index (κ1) is 14.3. The summed E-state index contributed by atoms with van der Waals surface area (Å²) < 4.78 is 57.0. The Balaban J connectivity index is 2.43. The molecule has 1 aromatic heterocycles. The Morgan fingerprint density at radius 2 is 1.80 bits per heavy atom. The zero-order chi connectivity index (χ0) is 14.8. The van der Waals surface area contributed by atoms with Crippen LogP contribution in [0.15, 0.2) is 53.4 Å². The summed E-state index contributed by atoms with van der Waals surface area (Å²) in [5, 5.41) is 9.87. The summed E-state index contributed by atoms with van der Waals surface area (Å²) in [7, 11) is 0. The second-order valence-electron chi connectivity index (χ2n) is 4.13. The molecule has 0 saturated heterocycles. The van der Waals surface area contributed by atoms with Gasteiger partial charge in [-0.2, -0.15) is 13.2 Å². The standard InChI is InChI=1S/C14H10F4O2/c15-12-4-2-1-3-10(12)5-7-13(19,14(16,17)18)11-6-8-20-9-11/h1-9,19H. The minimum absolute atomic E-state index is 0.0568. The highest BCUT2D eigenvalue weighted by Crippen LogP contribution is 2.40. The van der Waals surface area contributed by atoms with Gasteiger partial charge in [-0.1, -0.05) is 24.3 Å². The number of alkyl halides is 3. The van der Waals surface area contributed by atoms with Gasteiger partial charge in [0.2, 0.25) is 5.60 Å². The van der Waals surface area contributed by atoms with E-state index in [-0.39, 0.29) is 5.56 Å². The Kier molecular flexibility index (Phi) is 3.67. The normalized spacial score (nSPS) is 15.4. The lowest BCUT2D eigenvalue weighted by Gasteiger charge is -2.26. The Morgan fingerprint density at radius 1 is 1.10 bits per heavy atom. The third-order valence-electron chi connectivity index (χ3n) is 2.80. The maximum Gasteiger partial charge on any atom is 0.425 e. The van der Waals surface area contributed by atoms with E-state index in [2.05, 4.69) is 4.42 Å². The molecule has 1 heterocycles. The van der Waals surface area contributed by atoms with Crippen LogP contribution in [0.3, 0.4) is 0 Å². The minimum Gasteiger partial charge on any atom is -0.472 e. The lowest BCUT2D eigenvalue weighted by Crippen LogP contribution is -2.40. The molecule has 0 spiro atoms. The van der Waals surface area contributed by atoms with Gasteiger partial charge in [-0.25, -0.2) is 4.39 Å². The van der Waals surface area contributed by atoms with E-state index in [0.717, 1.165) is 30.7 Å². The quantitative estimate of drug-likeness (QED) is 0.869. The number of furan rings is 1. The van der Waals surface area contributed by atoms with Crippen molar-refractivity contribution in [2.45, 2.75) is 11.8 Å². The molecule has 1 unspecified atom stereocenters. The van der Waals surface area contributed by atoms with E-state index in [1.165, 1.54) is 18.2 Å². The largest absolute Gasteiger partial charge is 0.472 e. The van der Waals surface area contributed by atoms with Crippen molar-refractivity contribution in [1.29, 1.82) is 0 Å². The van der Waals surface area contributed by atoms with Crippen LogP contribution in [0.2, 0.25) is 0 Å². The summed E-state index contributed by atoms with van der Waals surface area (Å²) in [5.74, 6) is -0.680. The highest BCUT2D eigenvalue weighted by molar-refractivity contribution is 5.52. The highest BCUT2D eigenvalue weighted by Gasteiger charge is 2.53. The molecule has 106 valence electrons. The van der Waals surface area contributed by atoms with Crippen molar-refractivity contribution >= 4 is 6.08 Å². The van der Waals surface area contributed by atoms with Gasteiger partial charge in [0.25, 0.3) is 0 Å². The van der Waals surface area contributed by atoms with E-state index in [1.807, 2.05) is 0 Å². The molecule has 1 atom stereocenters. The van der Waals surface area contributed by atoms with Crippen LogP contribution in [0.25, 0.3) is 6.08 Å². The summed E-state index contributed by atoms with van der Waals surface area (Å²) in [6.45, 7) is 0. The van der Waals surface area contributed by atoms with Gasteiger partial charge in [0.1, 0.15) is 5.82 Å². The van der Waals surface area contributed by atoms with Crippen LogP contribution in [0, 0.1) is 5.82 Å². The Bertz CT molecular complexity index is 602. The maximum absolute atomic E-state index is 13.4. The third kappa shape index (κ3) is 2.60. The molecule has 0 aliphatic carbocycles. The van der Waals surface area contributed by atoms with E-state index in [9.17, 15) is 22.7 Å². The van der Waals surface area contributed by atoms with Crippen LogP contribution in [-0.4, -0.2) is 11.3 Å². The molecule has 0 aliphatic heterocycles. The predicted octanol–water partition coefficient (Wildman–Crippen LogP) is 3.88. The van der Waals surface area contributed by atoms with Crippen molar-refractivity contribution in [3.05, 3.63) is 65.9 Å². The molecule has 2 nitrogen and oxygen atoms in total. The predicted molar refractivity (Wildman–Crippen MR) is 64.1 cm³/mol. The monoisotopic (exact) mass is 286 g/mol. The van der Waals surface area contributed by atoms with Crippen LogP contribution in [0.4, 0.5) is 17.6 Å². The molecule has 0 amide bonds. The molecule has 2 rings (SSSR count). The SMILES string of the molecule is OC(C=Cc1ccccc1F)(c1ccoc1)C(F)(F)F. The van der Waals surface area contributed by atoms with Gasteiger partial charge in [-0.3, -0.25) is 0 Å². The van der Waals surface area contributed by atoms with Gasteiger partial charge in [-0.05, 0) is 18.2 Å². The molecule has 0 saturated carbocycles. The third-order valence-corrected chi connectivity index (χ3v) is 2.80. The maximum atomic E-state index is 13.4. The summed E-state index contributed by atoms with van der Waals surface area (Å²) in [4.78, 5) is 0. The van der Waals surface area contributed by atoms with Gasteiger partial charge in [0.05, 0.1) is 12.5 Å². The summed E-state index contributed by atoms with van der Waals surface area (Å²) in [5.41, 5.74) is -3.77. The summed E-state index contributed by atoms with van der Waals surface area (Å²) in [6, 6.07) is 6.31. The van der Waals surface area contributed by atoms with E-state index >= 15 is 0 Å².